The monoisotopic (exact) mass is 331 g/mol. The Labute approximate surface area is 135 Å². The van der Waals surface area contributed by atoms with E-state index in [1.807, 2.05) is 0 Å². The molecule has 0 saturated heterocycles. The molecule has 0 saturated carbocycles. The van der Waals surface area contributed by atoms with E-state index < -0.39 is 28.9 Å². The predicted molar refractivity (Wildman–Crippen MR) is 82.6 cm³/mol. The van der Waals surface area contributed by atoms with Gasteiger partial charge in [0.05, 0.1) is 0 Å². The Hall–Kier alpha value is -3.09. The third kappa shape index (κ3) is 2.88. The highest BCUT2D eigenvalue weighted by Gasteiger charge is 2.18. The third-order valence-corrected chi connectivity index (χ3v) is 3.46. The van der Waals surface area contributed by atoms with Crippen molar-refractivity contribution in [2.45, 2.75) is 6.92 Å². The van der Waals surface area contributed by atoms with E-state index in [-0.39, 0.29) is 11.4 Å². The number of aryl methyl sites for hydroxylation is 1. The van der Waals surface area contributed by atoms with E-state index in [9.17, 15) is 18.0 Å². The number of aromatic nitrogens is 2. The maximum atomic E-state index is 14.2. The first kappa shape index (κ1) is 15.8. The van der Waals surface area contributed by atoms with Crippen LogP contribution in [0.3, 0.4) is 0 Å². The van der Waals surface area contributed by atoms with Gasteiger partial charge in [-0.25, -0.2) is 17.9 Å². The van der Waals surface area contributed by atoms with Gasteiger partial charge in [-0.05, 0) is 43.3 Å². The molecule has 2 aromatic carbocycles. The number of carbonyl (C=O) groups excluding carboxylic acids is 1. The van der Waals surface area contributed by atoms with Crippen LogP contribution in [-0.2, 0) is 0 Å². The van der Waals surface area contributed by atoms with Gasteiger partial charge in [0.25, 0.3) is 5.91 Å². The Morgan fingerprint density at radius 2 is 1.75 bits per heavy atom. The summed E-state index contributed by atoms with van der Waals surface area (Å²) in [5.74, 6) is -3.60. The number of benzene rings is 2. The molecule has 1 aromatic heterocycles. The van der Waals surface area contributed by atoms with Gasteiger partial charge in [0, 0.05) is 17.6 Å². The minimum atomic E-state index is -0.993. The summed E-state index contributed by atoms with van der Waals surface area (Å²) in [6.07, 6.45) is 1.53. The molecule has 0 atom stereocenters. The zero-order valence-electron chi connectivity index (χ0n) is 12.6. The molecular weight excluding hydrogens is 319 g/mol. The smallest absolute Gasteiger partial charge is 0.261 e. The van der Waals surface area contributed by atoms with Gasteiger partial charge in [-0.15, -0.1) is 0 Å². The van der Waals surface area contributed by atoms with Gasteiger partial charge in [-0.2, -0.15) is 5.10 Å². The van der Waals surface area contributed by atoms with Crippen molar-refractivity contribution in [1.82, 2.24) is 9.78 Å². The molecule has 0 radical (unpaired) electrons. The lowest BCUT2D eigenvalue weighted by molar-refractivity contribution is 0.101. The van der Waals surface area contributed by atoms with Crippen molar-refractivity contribution < 1.29 is 18.0 Å². The van der Waals surface area contributed by atoms with Crippen LogP contribution in [0.4, 0.5) is 18.9 Å². The predicted octanol–water partition coefficient (Wildman–Crippen LogP) is 3.85. The third-order valence-electron chi connectivity index (χ3n) is 3.46. The maximum absolute atomic E-state index is 14.2. The summed E-state index contributed by atoms with van der Waals surface area (Å²) in [4.78, 5) is 12.0. The van der Waals surface area contributed by atoms with Crippen molar-refractivity contribution in [2.75, 3.05) is 5.32 Å². The zero-order chi connectivity index (χ0) is 17.3. The van der Waals surface area contributed by atoms with E-state index in [1.165, 1.54) is 23.0 Å². The van der Waals surface area contributed by atoms with E-state index in [4.69, 9.17) is 0 Å². The lowest BCUT2D eigenvalue weighted by atomic mass is 10.1. The average Bonchev–Trinajstić information content (AvgIpc) is 2.93. The van der Waals surface area contributed by atoms with Gasteiger partial charge in [0.2, 0.25) is 0 Å². The molecule has 7 heteroatoms. The molecule has 3 rings (SSSR count). The van der Waals surface area contributed by atoms with Crippen molar-refractivity contribution in [3.8, 4) is 5.69 Å². The van der Waals surface area contributed by atoms with E-state index >= 15 is 0 Å². The van der Waals surface area contributed by atoms with Crippen LogP contribution < -0.4 is 5.32 Å². The SMILES string of the molecule is Cc1ccnn1-c1ccc(NC(=O)c2c(F)cccc2F)cc1F. The second-order valence-corrected chi connectivity index (χ2v) is 5.10. The van der Waals surface area contributed by atoms with Crippen LogP contribution in [0.1, 0.15) is 16.1 Å². The second kappa shape index (κ2) is 6.19. The number of nitrogens with zero attached hydrogens (tertiary/aromatic N) is 2. The molecule has 0 bridgehead atoms. The Bertz CT molecular complexity index is 901. The van der Waals surface area contributed by atoms with Gasteiger partial charge >= 0.3 is 0 Å². The van der Waals surface area contributed by atoms with Crippen LogP contribution in [0.5, 0.6) is 0 Å². The number of anilines is 1. The van der Waals surface area contributed by atoms with Crippen LogP contribution in [0.15, 0.2) is 48.7 Å². The molecule has 0 spiro atoms. The molecule has 0 aliphatic carbocycles. The molecular formula is C17H12F3N3O. The average molecular weight is 331 g/mol. The first-order valence-corrected chi connectivity index (χ1v) is 7.03. The Kier molecular flexibility index (Phi) is 4.07. The van der Waals surface area contributed by atoms with E-state index in [2.05, 4.69) is 10.4 Å². The molecule has 1 heterocycles. The lowest BCUT2D eigenvalue weighted by Gasteiger charge is -2.10. The normalized spacial score (nSPS) is 10.7. The topological polar surface area (TPSA) is 46.9 Å². The van der Waals surface area contributed by atoms with Crippen molar-refractivity contribution >= 4 is 11.6 Å². The fourth-order valence-corrected chi connectivity index (χ4v) is 2.29. The summed E-state index contributed by atoms with van der Waals surface area (Å²) >= 11 is 0. The minimum Gasteiger partial charge on any atom is -0.322 e. The van der Waals surface area contributed by atoms with Crippen LogP contribution in [0.25, 0.3) is 5.69 Å². The number of hydrogen-bond donors (Lipinski definition) is 1. The van der Waals surface area contributed by atoms with Gasteiger partial charge in [0.15, 0.2) is 5.82 Å². The van der Waals surface area contributed by atoms with Gasteiger partial charge in [0.1, 0.15) is 22.9 Å². The van der Waals surface area contributed by atoms with Crippen LogP contribution in [0, 0.1) is 24.4 Å². The molecule has 0 aliphatic rings. The molecule has 122 valence electrons. The fraction of sp³-hybridized carbons (Fsp3) is 0.0588. The molecule has 4 nitrogen and oxygen atoms in total. The number of hydrogen-bond acceptors (Lipinski definition) is 2. The molecule has 0 aliphatic heterocycles. The molecule has 0 unspecified atom stereocenters. The highest BCUT2D eigenvalue weighted by molar-refractivity contribution is 6.04. The summed E-state index contributed by atoms with van der Waals surface area (Å²) in [6.45, 7) is 1.77. The highest BCUT2D eigenvalue weighted by atomic mass is 19.1. The van der Waals surface area contributed by atoms with E-state index in [1.54, 1.807) is 13.0 Å². The zero-order valence-corrected chi connectivity index (χ0v) is 12.6. The maximum Gasteiger partial charge on any atom is 0.261 e. The number of amides is 1. The van der Waals surface area contributed by atoms with Crippen LogP contribution in [0.2, 0.25) is 0 Å². The van der Waals surface area contributed by atoms with Gasteiger partial charge in [-0.1, -0.05) is 6.07 Å². The molecule has 0 fully saturated rings. The highest BCUT2D eigenvalue weighted by Crippen LogP contribution is 2.20. The number of carbonyl (C=O) groups is 1. The molecule has 1 amide bonds. The first-order chi connectivity index (χ1) is 11.5. The van der Waals surface area contributed by atoms with Crippen molar-refractivity contribution in [1.29, 1.82) is 0 Å². The number of halogens is 3. The summed E-state index contributed by atoms with van der Waals surface area (Å²) in [6, 6.07) is 8.73. The fourth-order valence-electron chi connectivity index (χ4n) is 2.29. The van der Waals surface area contributed by atoms with Gasteiger partial charge in [-0.3, -0.25) is 4.79 Å². The molecule has 24 heavy (non-hydrogen) atoms. The Balaban J connectivity index is 1.88. The quantitative estimate of drug-likeness (QED) is 0.792. The van der Waals surface area contributed by atoms with Crippen LogP contribution in [-0.4, -0.2) is 15.7 Å². The number of rotatable bonds is 3. The summed E-state index contributed by atoms with van der Waals surface area (Å²) in [5.41, 5.74) is 0.297. The Morgan fingerprint density at radius 3 is 2.33 bits per heavy atom. The number of nitrogens with one attached hydrogen (secondary N) is 1. The van der Waals surface area contributed by atoms with E-state index in [0.717, 1.165) is 30.0 Å². The van der Waals surface area contributed by atoms with Crippen molar-refractivity contribution in [2.24, 2.45) is 0 Å². The van der Waals surface area contributed by atoms with Crippen molar-refractivity contribution in [3.05, 3.63) is 77.4 Å². The summed E-state index contributed by atoms with van der Waals surface area (Å²) in [5, 5.41) is 6.28. The van der Waals surface area contributed by atoms with Crippen molar-refractivity contribution in [3.63, 3.8) is 0 Å². The second-order valence-electron chi connectivity index (χ2n) is 5.10. The van der Waals surface area contributed by atoms with Gasteiger partial charge < -0.3 is 5.32 Å². The minimum absolute atomic E-state index is 0.0775. The summed E-state index contributed by atoms with van der Waals surface area (Å²) in [7, 11) is 0. The van der Waals surface area contributed by atoms with E-state index in [0.29, 0.717) is 0 Å². The Morgan fingerprint density at radius 1 is 1.04 bits per heavy atom. The molecule has 1 N–H and O–H groups in total. The largest absolute Gasteiger partial charge is 0.322 e. The standard InChI is InChI=1S/C17H12F3N3O/c1-10-7-8-21-23(10)15-6-5-11(9-14(15)20)22-17(24)16-12(18)3-2-4-13(16)19/h2-9H,1H3,(H,22,24). The molecule has 3 aromatic rings. The summed E-state index contributed by atoms with van der Waals surface area (Å²) < 4.78 is 42.8. The first-order valence-electron chi connectivity index (χ1n) is 7.03. The lowest BCUT2D eigenvalue weighted by Crippen LogP contribution is -2.16. The van der Waals surface area contributed by atoms with Crippen LogP contribution >= 0.6 is 0 Å².